The number of aryl methyl sites for hydroxylation is 2. The summed E-state index contributed by atoms with van der Waals surface area (Å²) in [6.07, 6.45) is 0. The first-order valence-electron chi connectivity index (χ1n) is 5.09. The van der Waals surface area contributed by atoms with Crippen LogP contribution in [0.15, 0.2) is 37.9 Å². The minimum Gasteiger partial charge on any atom is -0.461 e. The van der Waals surface area contributed by atoms with Crippen molar-refractivity contribution in [3.05, 3.63) is 46.0 Å². The largest absolute Gasteiger partial charge is 0.461 e. The summed E-state index contributed by atoms with van der Waals surface area (Å²) < 4.78 is 10.7. The molecule has 0 amide bonds. The average molecular weight is 214 g/mol. The van der Waals surface area contributed by atoms with Gasteiger partial charge in [-0.25, -0.2) is 4.79 Å². The first-order chi connectivity index (χ1) is 7.65. The Labute approximate surface area is 91.3 Å². The van der Waals surface area contributed by atoms with E-state index >= 15 is 0 Å². The van der Waals surface area contributed by atoms with Gasteiger partial charge in [-0.1, -0.05) is 0 Å². The fourth-order valence-corrected chi connectivity index (χ4v) is 2.10. The van der Waals surface area contributed by atoms with E-state index in [9.17, 15) is 4.79 Å². The average Bonchev–Trinajstić information content (AvgIpc) is 2.56. The van der Waals surface area contributed by atoms with E-state index < -0.39 is 0 Å². The van der Waals surface area contributed by atoms with Crippen LogP contribution in [-0.2, 0) is 0 Å². The summed E-state index contributed by atoms with van der Waals surface area (Å²) in [7, 11) is 0. The van der Waals surface area contributed by atoms with E-state index in [1.54, 1.807) is 6.07 Å². The van der Waals surface area contributed by atoms with Crippen LogP contribution >= 0.6 is 0 Å². The third-order valence-corrected chi connectivity index (χ3v) is 2.73. The van der Waals surface area contributed by atoms with Crippen molar-refractivity contribution in [1.29, 1.82) is 0 Å². The van der Waals surface area contributed by atoms with Gasteiger partial charge in [-0.15, -0.1) is 0 Å². The van der Waals surface area contributed by atoms with Crippen molar-refractivity contribution in [3.63, 3.8) is 0 Å². The Morgan fingerprint density at radius 3 is 2.56 bits per heavy atom. The van der Waals surface area contributed by atoms with E-state index in [-0.39, 0.29) is 5.63 Å². The highest BCUT2D eigenvalue weighted by atomic mass is 16.4. The van der Waals surface area contributed by atoms with Crippen LogP contribution in [0.3, 0.4) is 0 Å². The number of hydrogen-bond donors (Lipinski definition) is 0. The molecule has 2 heterocycles. The maximum Gasteiger partial charge on any atom is 0.336 e. The van der Waals surface area contributed by atoms with Gasteiger partial charge < -0.3 is 8.83 Å². The van der Waals surface area contributed by atoms with Crippen molar-refractivity contribution in [1.82, 2.24) is 0 Å². The van der Waals surface area contributed by atoms with Crippen LogP contribution in [0.1, 0.15) is 11.3 Å². The van der Waals surface area contributed by atoms with Crippen LogP contribution in [0, 0.1) is 13.8 Å². The second-order valence-electron chi connectivity index (χ2n) is 3.96. The number of hydrogen-bond acceptors (Lipinski definition) is 3. The highest BCUT2D eigenvalue weighted by Gasteiger charge is 2.09. The molecule has 2 aromatic heterocycles. The maximum atomic E-state index is 11.3. The normalized spacial score (nSPS) is 11.4. The molecule has 0 fully saturated rings. The van der Waals surface area contributed by atoms with E-state index in [1.807, 2.05) is 26.0 Å². The molecule has 0 aliphatic carbocycles. The first kappa shape index (κ1) is 9.21. The highest BCUT2D eigenvalue weighted by molar-refractivity contribution is 6.05. The molecule has 0 radical (unpaired) electrons. The molecule has 80 valence electrons. The van der Waals surface area contributed by atoms with Gasteiger partial charge in [0.2, 0.25) is 0 Å². The predicted molar refractivity (Wildman–Crippen MR) is 61.7 cm³/mol. The van der Waals surface area contributed by atoms with Crippen LogP contribution in [0.5, 0.6) is 0 Å². The van der Waals surface area contributed by atoms with Crippen LogP contribution in [0.2, 0.25) is 0 Å². The van der Waals surface area contributed by atoms with E-state index in [1.165, 1.54) is 6.07 Å². The zero-order valence-electron chi connectivity index (χ0n) is 9.03. The molecule has 0 aliphatic rings. The molecule has 0 saturated carbocycles. The van der Waals surface area contributed by atoms with E-state index in [0.29, 0.717) is 5.58 Å². The standard InChI is InChI=1S/C13H10O3/c1-7-5-12(14)16-11-4-3-10-9(13(7)11)6-8(2)15-10/h3-6H,1-2H3. The predicted octanol–water partition coefficient (Wildman–Crippen LogP) is 3.16. The second-order valence-corrected chi connectivity index (χ2v) is 3.96. The van der Waals surface area contributed by atoms with Crippen LogP contribution in [0.25, 0.3) is 21.9 Å². The molecule has 0 spiro atoms. The van der Waals surface area contributed by atoms with Crippen molar-refractivity contribution in [2.75, 3.05) is 0 Å². The summed E-state index contributed by atoms with van der Waals surface area (Å²) >= 11 is 0. The lowest BCUT2D eigenvalue weighted by Crippen LogP contribution is -1.97. The summed E-state index contributed by atoms with van der Waals surface area (Å²) in [5.74, 6) is 0.855. The zero-order chi connectivity index (χ0) is 11.3. The van der Waals surface area contributed by atoms with Crippen LogP contribution < -0.4 is 5.63 Å². The molecule has 3 nitrogen and oxygen atoms in total. The molecular formula is C13H10O3. The lowest BCUT2D eigenvalue weighted by Gasteiger charge is -2.00. The smallest absolute Gasteiger partial charge is 0.336 e. The van der Waals surface area contributed by atoms with E-state index in [2.05, 4.69) is 0 Å². The summed E-state index contributed by atoms with van der Waals surface area (Å²) in [5.41, 5.74) is 2.03. The second kappa shape index (κ2) is 2.98. The van der Waals surface area contributed by atoms with Gasteiger partial charge in [0.1, 0.15) is 16.9 Å². The van der Waals surface area contributed by atoms with E-state index in [0.717, 1.165) is 27.7 Å². The van der Waals surface area contributed by atoms with Crippen molar-refractivity contribution in [3.8, 4) is 0 Å². The van der Waals surface area contributed by atoms with Gasteiger partial charge in [0.15, 0.2) is 0 Å². The quantitative estimate of drug-likeness (QED) is 0.540. The summed E-state index contributed by atoms with van der Waals surface area (Å²) in [5, 5.41) is 1.95. The van der Waals surface area contributed by atoms with Gasteiger partial charge in [0, 0.05) is 16.8 Å². The summed E-state index contributed by atoms with van der Waals surface area (Å²) in [6, 6.07) is 7.07. The summed E-state index contributed by atoms with van der Waals surface area (Å²) in [4.78, 5) is 11.3. The molecular weight excluding hydrogens is 204 g/mol. The van der Waals surface area contributed by atoms with Crippen molar-refractivity contribution in [2.45, 2.75) is 13.8 Å². The van der Waals surface area contributed by atoms with Crippen LogP contribution in [0.4, 0.5) is 0 Å². The third kappa shape index (κ3) is 1.18. The Morgan fingerprint density at radius 2 is 1.75 bits per heavy atom. The minimum absolute atomic E-state index is 0.315. The molecule has 3 rings (SSSR count). The Bertz CT molecular complexity index is 747. The minimum atomic E-state index is -0.315. The topological polar surface area (TPSA) is 43.4 Å². The van der Waals surface area contributed by atoms with Gasteiger partial charge in [0.25, 0.3) is 0 Å². The lowest BCUT2D eigenvalue weighted by molar-refractivity contribution is 0.559. The van der Waals surface area contributed by atoms with Crippen molar-refractivity contribution in [2.24, 2.45) is 0 Å². The van der Waals surface area contributed by atoms with Crippen LogP contribution in [-0.4, -0.2) is 0 Å². The van der Waals surface area contributed by atoms with E-state index in [4.69, 9.17) is 8.83 Å². The number of furan rings is 1. The molecule has 0 aliphatic heterocycles. The molecule has 1 aromatic carbocycles. The molecule has 0 atom stereocenters. The highest BCUT2D eigenvalue weighted by Crippen LogP contribution is 2.29. The van der Waals surface area contributed by atoms with Gasteiger partial charge in [0.05, 0.1) is 0 Å². The molecule has 3 heteroatoms. The Balaban J connectivity index is 2.64. The Morgan fingerprint density at radius 1 is 1.00 bits per heavy atom. The Kier molecular flexibility index (Phi) is 1.72. The fourth-order valence-electron chi connectivity index (χ4n) is 2.10. The number of fused-ring (bicyclic) bond motifs is 3. The van der Waals surface area contributed by atoms with Gasteiger partial charge >= 0.3 is 5.63 Å². The molecule has 3 aromatic rings. The molecule has 0 N–H and O–H groups in total. The maximum absolute atomic E-state index is 11.3. The molecule has 0 unspecified atom stereocenters. The fraction of sp³-hybridized carbons (Fsp3) is 0.154. The number of benzene rings is 1. The Hall–Kier alpha value is -2.03. The molecule has 16 heavy (non-hydrogen) atoms. The van der Waals surface area contributed by atoms with Crippen molar-refractivity contribution >= 4 is 21.9 Å². The third-order valence-electron chi connectivity index (χ3n) is 2.73. The first-order valence-corrected chi connectivity index (χ1v) is 5.09. The summed E-state index contributed by atoms with van der Waals surface area (Å²) in [6.45, 7) is 3.81. The molecule has 0 saturated heterocycles. The molecule has 0 bridgehead atoms. The van der Waals surface area contributed by atoms with Gasteiger partial charge in [-0.3, -0.25) is 0 Å². The zero-order valence-corrected chi connectivity index (χ0v) is 9.03. The van der Waals surface area contributed by atoms with Gasteiger partial charge in [-0.2, -0.15) is 0 Å². The van der Waals surface area contributed by atoms with Gasteiger partial charge in [-0.05, 0) is 37.6 Å². The SMILES string of the molecule is Cc1cc2c(ccc3oc(=O)cc(C)c32)o1. The lowest BCUT2D eigenvalue weighted by atomic mass is 10.1. The van der Waals surface area contributed by atoms with Crippen molar-refractivity contribution < 1.29 is 8.83 Å². The number of rotatable bonds is 0. The monoisotopic (exact) mass is 214 g/mol.